The molecular formula is C26H36N4O3. The third-order valence-corrected chi connectivity index (χ3v) is 6.82. The summed E-state index contributed by atoms with van der Waals surface area (Å²) in [6.45, 7) is 9.23. The monoisotopic (exact) mass is 452 g/mol. The second kappa shape index (κ2) is 11.5. The van der Waals surface area contributed by atoms with Crippen LogP contribution in [0.1, 0.15) is 11.1 Å². The molecule has 2 aliphatic heterocycles. The minimum Gasteiger partial charge on any atom is -0.507 e. The summed E-state index contributed by atoms with van der Waals surface area (Å²) >= 11 is 0. The van der Waals surface area contributed by atoms with Crippen LogP contribution < -0.4 is 4.74 Å². The van der Waals surface area contributed by atoms with Gasteiger partial charge in [0, 0.05) is 71.0 Å². The number of carbonyl (C=O) groups is 1. The van der Waals surface area contributed by atoms with Crippen LogP contribution in [0.5, 0.6) is 11.5 Å². The first kappa shape index (κ1) is 23.5. The van der Waals surface area contributed by atoms with E-state index in [1.807, 2.05) is 11.0 Å². The van der Waals surface area contributed by atoms with Gasteiger partial charge < -0.3 is 19.6 Å². The van der Waals surface area contributed by atoms with E-state index in [1.165, 1.54) is 5.56 Å². The standard InChI is InChI=1S/C26H36N4O3/c1-33-25-9-5-8-24(31)23(25)20-28-16-18-30(19-17-28)26(32)21-29-14-12-27(13-15-29)11-10-22-6-3-2-4-7-22/h2-9,31H,10-21H2,1H3. The van der Waals surface area contributed by atoms with Crippen molar-refractivity contribution in [2.24, 2.45) is 0 Å². The van der Waals surface area contributed by atoms with Gasteiger partial charge in [0.1, 0.15) is 11.5 Å². The number of benzene rings is 2. The molecule has 2 aromatic carbocycles. The number of amides is 1. The Labute approximate surface area is 197 Å². The van der Waals surface area contributed by atoms with E-state index >= 15 is 0 Å². The number of ether oxygens (including phenoxy) is 1. The van der Waals surface area contributed by atoms with Crippen molar-refractivity contribution in [1.29, 1.82) is 0 Å². The maximum absolute atomic E-state index is 12.9. The number of phenolic OH excluding ortho intramolecular Hbond substituents is 1. The van der Waals surface area contributed by atoms with Gasteiger partial charge in [0.15, 0.2) is 0 Å². The molecule has 0 unspecified atom stereocenters. The molecule has 2 heterocycles. The van der Waals surface area contributed by atoms with E-state index in [-0.39, 0.29) is 11.7 Å². The van der Waals surface area contributed by atoms with E-state index in [4.69, 9.17) is 4.74 Å². The highest BCUT2D eigenvalue weighted by molar-refractivity contribution is 5.78. The van der Waals surface area contributed by atoms with Crippen LogP contribution in [0.15, 0.2) is 48.5 Å². The number of carbonyl (C=O) groups excluding carboxylic acids is 1. The fourth-order valence-corrected chi connectivity index (χ4v) is 4.68. The predicted molar refractivity (Wildman–Crippen MR) is 130 cm³/mol. The van der Waals surface area contributed by atoms with E-state index in [0.29, 0.717) is 18.8 Å². The maximum atomic E-state index is 12.9. The Morgan fingerprint density at radius 1 is 0.848 bits per heavy atom. The minimum absolute atomic E-state index is 0.229. The van der Waals surface area contributed by atoms with Crippen LogP contribution in [-0.4, -0.2) is 103 Å². The summed E-state index contributed by atoms with van der Waals surface area (Å²) < 4.78 is 5.40. The number of aromatic hydroxyl groups is 1. The SMILES string of the molecule is COc1cccc(O)c1CN1CCN(C(=O)CN2CCN(CCc3ccccc3)CC2)CC1. The molecule has 7 nitrogen and oxygen atoms in total. The smallest absolute Gasteiger partial charge is 0.236 e. The number of rotatable bonds is 8. The van der Waals surface area contributed by atoms with Gasteiger partial charge in [-0.15, -0.1) is 0 Å². The van der Waals surface area contributed by atoms with Crippen LogP contribution in [0.4, 0.5) is 0 Å². The molecule has 0 spiro atoms. The van der Waals surface area contributed by atoms with Gasteiger partial charge in [-0.2, -0.15) is 0 Å². The number of hydrogen-bond acceptors (Lipinski definition) is 6. The Morgan fingerprint density at radius 3 is 2.21 bits per heavy atom. The number of methoxy groups -OCH3 is 1. The molecule has 178 valence electrons. The summed E-state index contributed by atoms with van der Waals surface area (Å²) in [4.78, 5) is 21.9. The van der Waals surface area contributed by atoms with Gasteiger partial charge in [-0.1, -0.05) is 36.4 Å². The van der Waals surface area contributed by atoms with E-state index in [2.05, 4.69) is 45.0 Å². The third kappa shape index (κ3) is 6.47. The van der Waals surface area contributed by atoms with Crippen molar-refractivity contribution < 1.29 is 14.6 Å². The Bertz CT molecular complexity index is 892. The molecule has 33 heavy (non-hydrogen) atoms. The maximum Gasteiger partial charge on any atom is 0.236 e. The van der Waals surface area contributed by atoms with Gasteiger partial charge in [-0.3, -0.25) is 14.6 Å². The van der Waals surface area contributed by atoms with Crippen molar-refractivity contribution in [2.75, 3.05) is 72.6 Å². The molecule has 7 heteroatoms. The molecule has 2 aliphatic rings. The van der Waals surface area contributed by atoms with Gasteiger partial charge in [0.2, 0.25) is 5.91 Å². The van der Waals surface area contributed by atoms with Gasteiger partial charge in [-0.05, 0) is 24.1 Å². The summed E-state index contributed by atoms with van der Waals surface area (Å²) in [5.41, 5.74) is 2.19. The molecule has 0 atom stereocenters. The molecular weight excluding hydrogens is 416 g/mol. The van der Waals surface area contributed by atoms with Crippen molar-refractivity contribution in [3.05, 3.63) is 59.7 Å². The van der Waals surface area contributed by atoms with Crippen LogP contribution >= 0.6 is 0 Å². The van der Waals surface area contributed by atoms with Crippen LogP contribution in [-0.2, 0) is 17.8 Å². The highest BCUT2D eigenvalue weighted by Crippen LogP contribution is 2.28. The Balaban J connectivity index is 1.16. The lowest BCUT2D eigenvalue weighted by Crippen LogP contribution is -2.53. The molecule has 0 bridgehead atoms. The second-order valence-corrected chi connectivity index (χ2v) is 8.97. The van der Waals surface area contributed by atoms with Gasteiger partial charge in [0.25, 0.3) is 0 Å². The zero-order valence-electron chi connectivity index (χ0n) is 19.7. The van der Waals surface area contributed by atoms with E-state index in [0.717, 1.165) is 70.9 Å². The molecule has 0 saturated carbocycles. The summed E-state index contributed by atoms with van der Waals surface area (Å²) in [5, 5.41) is 10.2. The molecule has 0 aromatic heterocycles. The first-order chi connectivity index (χ1) is 16.1. The molecule has 0 aliphatic carbocycles. The lowest BCUT2D eigenvalue weighted by molar-refractivity contribution is -0.134. The topological polar surface area (TPSA) is 59.5 Å². The summed E-state index contributed by atoms with van der Waals surface area (Å²) in [6, 6.07) is 16.0. The second-order valence-electron chi connectivity index (χ2n) is 8.97. The molecule has 2 aromatic rings. The van der Waals surface area contributed by atoms with Crippen molar-refractivity contribution >= 4 is 5.91 Å². The minimum atomic E-state index is 0.229. The average Bonchev–Trinajstić information content (AvgIpc) is 2.86. The highest BCUT2D eigenvalue weighted by Gasteiger charge is 2.25. The molecule has 4 rings (SSSR count). The quantitative estimate of drug-likeness (QED) is 0.660. The van der Waals surface area contributed by atoms with Crippen LogP contribution in [0.2, 0.25) is 0 Å². The average molecular weight is 453 g/mol. The van der Waals surface area contributed by atoms with Crippen molar-refractivity contribution in [2.45, 2.75) is 13.0 Å². The molecule has 1 amide bonds. The Hall–Kier alpha value is -2.61. The number of piperazine rings is 2. The van der Waals surface area contributed by atoms with E-state index < -0.39 is 0 Å². The fourth-order valence-electron chi connectivity index (χ4n) is 4.68. The summed E-state index contributed by atoms with van der Waals surface area (Å²) in [6.07, 6.45) is 1.08. The van der Waals surface area contributed by atoms with Crippen LogP contribution in [0, 0.1) is 0 Å². The van der Waals surface area contributed by atoms with Crippen molar-refractivity contribution in [3.63, 3.8) is 0 Å². The Morgan fingerprint density at radius 2 is 1.52 bits per heavy atom. The summed E-state index contributed by atoms with van der Waals surface area (Å²) in [7, 11) is 1.62. The summed E-state index contributed by atoms with van der Waals surface area (Å²) in [5.74, 6) is 1.19. The lowest BCUT2D eigenvalue weighted by Gasteiger charge is -2.38. The van der Waals surface area contributed by atoms with Crippen molar-refractivity contribution in [3.8, 4) is 11.5 Å². The van der Waals surface area contributed by atoms with Crippen molar-refractivity contribution in [1.82, 2.24) is 19.6 Å². The zero-order valence-corrected chi connectivity index (χ0v) is 19.7. The molecule has 1 N–H and O–H groups in total. The lowest BCUT2D eigenvalue weighted by atomic mass is 10.1. The van der Waals surface area contributed by atoms with Crippen LogP contribution in [0.3, 0.4) is 0 Å². The first-order valence-corrected chi connectivity index (χ1v) is 12.0. The van der Waals surface area contributed by atoms with Gasteiger partial charge in [-0.25, -0.2) is 0 Å². The first-order valence-electron chi connectivity index (χ1n) is 12.0. The zero-order chi connectivity index (χ0) is 23.0. The van der Waals surface area contributed by atoms with E-state index in [1.54, 1.807) is 19.2 Å². The van der Waals surface area contributed by atoms with Gasteiger partial charge in [0.05, 0.1) is 13.7 Å². The largest absolute Gasteiger partial charge is 0.507 e. The van der Waals surface area contributed by atoms with E-state index in [9.17, 15) is 9.90 Å². The predicted octanol–water partition coefficient (Wildman–Crippen LogP) is 1.91. The normalized spacial score (nSPS) is 18.4. The third-order valence-electron chi connectivity index (χ3n) is 6.82. The molecule has 2 saturated heterocycles. The number of hydrogen-bond donors (Lipinski definition) is 1. The molecule has 2 fully saturated rings. The fraction of sp³-hybridized carbons (Fsp3) is 0.500. The molecule has 0 radical (unpaired) electrons. The number of phenols is 1. The van der Waals surface area contributed by atoms with Gasteiger partial charge >= 0.3 is 0 Å². The van der Waals surface area contributed by atoms with Crippen LogP contribution in [0.25, 0.3) is 0 Å². The highest BCUT2D eigenvalue weighted by atomic mass is 16.5. The Kier molecular flexibility index (Phi) is 8.20. The number of nitrogens with zero attached hydrogens (tertiary/aromatic N) is 4.